The Morgan fingerprint density at radius 3 is 2.81 bits per heavy atom. The Labute approximate surface area is 94.5 Å². The van der Waals surface area contributed by atoms with Crippen molar-refractivity contribution in [1.29, 1.82) is 0 Å². The number of rotatable bonds is 2. The summed E-state index contributed by atoms with van der Waals surface area (Å²) >= 11 is 0. The first kappa shape index (κ1) is 9.78. The van der Waals surface area contributed by atoms with Gasteiger partial charge in [0.1, 0.15) is 11.9 Å². The molecule has 0 aromatic heterocycles. The van der Waals surface area contributed by atoms with Gasteiger partial charge in [-0.15, -0.1) is 0 Å². The molecule has 86 valence electrons. The minimum atomic E-state index is 0.317. The zero-order chi connectivity index (χ0) is 10.8. The maximum atomic E-state index is 5.92. The van der Waals surface area contributed by atoms with Crippen LogP contribution in [0.1, 0.15) is 12.8 Å². The van der Waals surface area contributed by atoms with Crippen molar-refractivity contribution in [2.45, 2.75) is 18.9 Å². The van der Waals surface area contributed by atoms with Crippen molar-refractivity contribution in [1.82, 2.24) is 0 Å². The van der Waals surface area contributed by atoms with Gasteiger partial charge >= 0.3 is 0 Å². The lowest BCUT2D eigenvalue weighted by Gasteiger charge is -2.21. The number of benzene rings is 1. The first-order valence-electron chi connectivity index (χ1n) is 5.80. The van der Waals surface area contributed by atoms with Gasteiger partial charge in [-0.2, -0.15) is 0 Å². The molecular weight excluding hydrogens is 206 g/mol. The Bertz CT molecular complexity index is 375. The summed E-state index contributed by atoms with van der Waals surface area (Å²) in [7, 11) is 0. The average molecular weight is 222 g/mol. The molecule has 0 aliphatic carbocycles. The van der Waals surface area contributed by atoms with Gasteiger partial charge in [-0.3, -0.25) is 0 Å². The minimum Gasteiger partial charge on any atom is -0.490 e. The zero-order valence-electron chi connectivity index (χ0n) is 9.15. The van der Waals surface area contributed by atoms with Gasteiger partial charge in [-0.05, 0) is 12.1 Å². The molecule has 3 rings (SSSR count). The lowest BCUT2D eigenvalue weighted by atomic mass is 10.1. The van der Waals surface area contributed by atoms with Gasteiger partial charge in [0, 0.05) is 18.9 Å². The largest absolute Gasteiger partial charge is 0.490 e. The highest BCUT2D eigenvalue weighted by atomic mass is 16.7. The van der Waals surface area contributed by atoms with Crippen LogP contribution < -0.4 is 19.5 Å². The molecule has 2 N–H and O–H groups in total. The molecule has 0 radical (unpaired) electrons. The van der Waals surface area contributed by atoms with E-state index in [2.05, 4.69) is 5.32 Å². The average Bonchev–Trinajstić information content (AvgIpc) is 2.77. The van der Waals surface area contributed by atoms with Crippen molar-refractivity contribution in [3.05, 3.63) is 18.2 Å². The smallest absolute Gasteiger partial charge is 0.231 e. The van der Waals surface area contributed by atoms with Crippen LogP contribution in [0.3, 0.4) is 0 Å². The van der Waals surface area contributed by atoms with Crippen LogP contribution in [0.4, 0.5) is 0 Å². The number of hydrogen-bond donors (Lipinski definition) is 1. The molecule has 16 heavy (non-hydrogen) atoms. The van der Waals surface area contributed by atoms with Crippen molar-refractivity contribution in [2.24, 2.45) is 0 Å². The Kier molecular flexibility index (Phi) is 2.58. The summed E-state index contributed by atoms with van der Waals surface area (Å²) in [6.07, 6.45) is 2.59. The molecule has 1 aromatic carbocycles. The van der Waals surface area contributed by atoms with E-state index in [9.17, 15) is 0 Å². The zero-order valence-corrected chi connectivity index (χ0v) is 9.15. The van der Waals surface area contributed by atoms with E-state index in [0.717, 1.165) is 43.2 Å². The van der Waals surface area contributed by atoms with Crippen LogP contribution in [0.25, 0.3) is 0 Å². The van der Waals surface area contributed by atoms with Crippen molar-refractivity contribution < 1.29 is 19.5 Å². The van der Waals surface area contributed by atoms with E-state index in [4.69, 9.17) is 14.2 Å². The van der Waals surface area contributed by atoms with Gasteiger partial charge in [-0.1, -0.05) is 0 Å². The molecule has 0 unspecified atom stereocenters. The molecule has 1 fully saturated rings. The van der Waals surface area contributed by atoms with Crippen LogP contribution in [-0.2, 0) is 0 Å². The second-order valence-corrected chi connectivity index (χ2v) is 4.20. The molecule has 0 bridgehead atoms. The van der Waals surface area contributed by atoms with Gasteiger partial charge in [0.25, 0.3) is 0 Å². The van der Waals surface area contributed by atoms with E-state index < -0.39 is 0 Å². The van der Waals surface area contributed by atoms with E-state index >= 15 is 0 Å². The molecule has 0 saturated carbocycles. The second kappa shape index (κ2) is 4.22. The molecule has 4 heteroatoms. The molecule has 2 aliphatic heterocycles. The topological polar surface area (TPSA) is 44.3 Å². The third kappa shape index (κ3) is 1.93. The van der Waals surface area contributed by atoms with Crippen molar-refractivity contribution in [3.8, 4) is 17.2 Å². The molecular formula is C12H16NO3+. The second-order valence-electron chi connectivity index (χ2n) is 4.20. The molecule has 1 saturated heterocycles. The van der Waals surface area contributed by atoms with E-state index in [1.54, 1.807) is 0 Å². The van der Waals surface area contributed by atoms with Crippen LogP contribution in [0.5, 0.6) is 17.2 Å². The molecule has 1 aromatic rings. The summed E-state index contributed by atoms with van der Waals surface area (Å²) < 4.78 is 16.5. The number of ether oxygens (including phenoxy) is 3. The quantitative estimate of drug-likeness (QED) is 0.793. The monoisotopic (exact) mass is 222 g/mol. The van der Waals surface area contributed by atoms with Crippen LogP contribution in [0, 0.1) is 0 Å². The van der Waals surface area contributed by atoms with E-state index in [1.165, 1.54) is 0 Å². The normalized spacial score (nSPS) is 19.8. The minimum absolute atomic E-state index is 0.317. The van der Waals surface area contributed by atoms with Gasteiger partial charge in [0.05, 0.1) is 13.1 Å². The summed E-state index contributed by atoms with van der Waals surface area (Å²) in [4.78, 5) is 0. The molecule has 2 heterocycles. The summed E-state index contributed by atoms with van der Waals surface area (Å²) in [5.41, 5.74) is 0. The predicted molar refractivity (Wildman–Crippen MR) is 57.9 cm³/mol. The summed E-state index contributed by atoms with van der Waals surface area (Å²) in [6.45, 7) is 2.64. The molecule has 0 spiro atoms. The van der Waals surface area contributed by atoms with Crippen LogP contribution >= 0.6 is 0 Å². The van der Waals surface area contributed by atoms with Gasteiger partial charge in [0.2, 0.25) is 6.79 Å². The Morgan fingerprint density at radius 1 is 1.12 bits per heavy atom. The lowest BCUT2D eigenvalue weighted by molar-refractivity contribution is -0.664. The summed E-state index contributed by atoms with van der Waals surface area (Å²) in [5, 5.41) is 2.33. The van der Waals surface area contributed by atoms with Crippen molar-refractivity contribution >= 4 is 0 Å². The van der Waals surface area contributed by atoms with Gasteiger partial charge in [-0.25, -0.2) is 0 Å². The van der Waals surface area contributed by atoms with Crippen molar-refractivity contribution in [2.75, 3.05) is 19.9 Å². The van der Waals surface area contributed by atoms with Crippen LogP contribution in [0.15, 0.2) is 18.2 Å². The Morgan fingerprint density at radius 2 is 1.94 bits per heavy atom. The lowest BCUT2D eigenvalue weighted by Crippen LogP contribution is -2.86. The third-order valence-corrected chi connectivity index (χ3v) is 3.03. The number of nitrogens with two attached hydrogens (primary N) is 1. The number of fused-ring (bicyclic) bond motifs is 1. The maximum absolute atomic E-state index is 5.92. The highest BCUT2D eigenvalue weighted by Crippen LogP contribution is 2.35. The fourth-order valence-electron chi connectivity index (χ4n) is 2.16. The summed E-state index contributed by atoms with van der Waals surface area (Å²) in [6, 6.07) is 5.78. The third-order valence-electron chi connectivity index (χ3n) is 3.03. The molecule has 0 atom stereocenters. The Hall–Kier alpha value is -1.42. The fraction of sp³-hybridized carbons (Fsp3) is 0.500. The first-order valence-corrected chi connectivity index (χ1v) is 5.80. The highest BCUT2D eigenvalue weighted by Gasteiger charge is 2.19. The fourth-order valence-corrected chi connectivity index (χ4v) is 2.16. The maximum Gasteiger partial charge on any atom is 0.231 e. The highest BCUT2D eigenvalue weighted by molar-refractivity contribution is 5.46. The molecule has 4 nitrogen and oxygen atoms in total. The standard InChI is InChI=1S/C12H15NO3/c1-2-11-12(15-8-14-11)7-10(1)16-9-3-5-13-6-4-9/h1-2,7,9,13H,3-6,8H2/p+1. The summed E-state index contributed by atoms with van der Waals surface area (Å²) in [5.74, 6) is 2.49. The van der Waals surface area contributed by atoms with E-state index in [1.807, 2.05) is 18.2 Å². The predicted octanol–water partition coefficient (Wildman–Crippen LogP) is 0.520. The first-order chi connectivity index (χ1) is 7.92. The molecule has 2 aliphatic rings. The van der Waals surface area contributed by atoms with Crippen LogP contribution in [-0.4, -0.2) is 26.0 Å². The van der Waals surface area contributed by atoms with Gasteiger partial charge in [0.15, 0.2) is 11.5 Å². The number of quaternary nitrogens is 1. The molecule has 0 amide bonds. The number of piperidine rings is 1. The van der Waals surface area contributed by atoms with E-state index in [0.29, 0.717) is 12.9 Å². The number of hydrogen-bond acceptors (Lipinski definition) is 3. The SMILES string of the molecule is c1cc2c(cc1OC1CC[NH2+]CC1)OCO2. The van der Waals surface area contributed by atoms with E-state index in [-0.39, 0.29) is 0 Å². The Balaban J connectivity index is 1.69. The van der Waals surface area contributed by atoms with Crippen LogP contribution in [0.2, 0.25) is 0 Å². The van der Waals surface area contributed by atoms with Gasteiger partial charge < -0.3 is 19.5 Å². The van der Waals surface area contributed by atoms with Crippen molar-refractivity contribution in [3.63, 3.8) is 0 Å².